The van der Waals surface area contributed by atoms with Crippen molar-refractivity contribution < 1.29 is 39.5 Å². The smallest absolute Gasteiger partial charge is 0.221 e. The standard InChI is InChI=1S/C17H6BrF9IN/c18-12-6-10(28)5-11(13(12)9-3-1-8(7-29)2-4-9)14(19,16(22,23)24)15(20,21)17(25,26)27/h1-6H. The molecule has 29 heavy (non-hydrogen) atoms. The Balaban J connectivity index is 2.98. The molecule has 0 amide bonds. The molecular formula is C17H6BrF9IN. The molecule has 0 aliphatic carbocycles. The largest absolute Gasteiger partial charge is 0.457 e. The van der Waals surface area contributed by atoms with Gasteiger partial charge in [-0.1, -0.05) is 28.1 Å². The molecule has 1 atom stereocenters. The Morgan fingerprint density at radius 3 is 1.76 bits per heavy atom. The molecule has 0 radical (unpaired) electrons. The fourth-order valence-electron chi connectivity index (χ4n) is 2.55. The van der Waals surface area contributed by atoms with Crippen LogP contribution in [0.25, 0.3) is 11.1 Å². The van der Waals surface area contributed by atoms with E-state index < -0.39 is 35.1 Å². The van der Waals surface area contributed by atoms with Crippen LogP contribution in [0.1, 0.15) is 11.1 Å². The van der Waals surface area contributed by atoms with Gasteiger partial charge < -0.3 is 0 Å². The lowest BCUT2D eigenvalue weighted by Gasteiger charge is -2.37. The fraction of sp³-hybridized carbons (Fsp3) is 0.235. The zero-order valence-corrected chi connectivity index (χ0v) is 17.3. The van der Waals surface area contributed by atoms with E-state index in [2.05, 4.69) is 15.9 Å². The molecule has 0 aliphatic rings. The number of benzene rings is 2. The summed E-state index contributed by atoms with van der Waals surface area (Å²) in [5.41, 5.74) is -9.09. The second kappa shape index (κ2) is 7.64. The van der Waals surface area contributed by atoms with Crippen molar-refractivity contribution in [1.29, 1.82) is 5.26 Å². The first-order valence-corrected chi connectivity index (χ1v) is 9.15. The molecule has 0 saturated heterocycles. The van der Waals surface area contributed by atoms with Crippen LogP contribution in [0.15, 0.2) is 40.9 Å². The van der Waals surface area contributed by atoms with E-state index in [1.165, 1.54) is 22.6 Å². The molecule has 0 spiro atoms. The van der Waals surface area contributed by atoms with Gasteiger partial charge in [0.05, 0.1) is 11.6 Å². The van der Waals surface area contributed by atoms with Crippen molar-refractivity contribution in [1.82, 2.24) is 0 Å². The molecule has 2 aromatic carbocycles. The van der Waals surface area contributed by atoms with Crippen LogP contribution in [0.4, 0.5) is 39.5 Å². The van der Waals surface area contributed by atoms with Gasteiger partial charge in [-0.05, 0) is 52.4 Å². The van der Waals surface area contributed by atoms with Crippen LogP contribution >= 0.6 is 38.5 Å². The van der Waals surface area contributed by atoms with Crippen LogP contribution in [0.3, 0.4) is 0 Å². The Morgan fingerprint density at radius 2 is 1.34 bits per heavy atom. The molecular weight excluding hydrogens is 596 g/mol. The third-order valence-corrected chi connectivity index (χ3v) is 5.16. The van der Waals surface area contributed by atoms with E-state index in [9.17, 15) is 35.1 Å². The molecule has 0 heterocycles. The summed E-state index contributed by atoms with van der Waals surface area (Å²) < 4.78 is 121. The van der Waals surface area contributed by atoms with Gasteiger partial charge in [0.25, 0.3) is 0 Å². The van der Waals surface area contributed by atoms with Crippen LogP contribution < -0.4 is 0 Å². The van der Waals surface area contributed by atoms with Gasteiger partial charge in [-0.15, -0.1) is 0 Å². The van der Waals surface area contributed by atoms with Gasteiger partial charge in [0.15, 0.2) is 0 Å². The number of halogens is 11. The first kappa shape index (κ1) is 23.8. The summed E-state index contributed by atoms with van der Waals surface area (Å²) in [6.45, 7) is 0. The minimum absolute atomic E-state index is 0.0416. The SMILES string of the molecule is N#Cc1ccc(-c2c(Br)cc(I)cc2C(F)(C(F)(F)F)C(F)(F)C(F)(F)F)cc1. The van der Waals surface area contributed by atoms with Crippen LogP contribution in [0.2, 0.25) is 0 Å². The second-order valence-corrected chi connectivity index (χ2v) is 7.83. The number of alkyl halides is 9. The number of hydrogen-bond donors (Lipinski definition) is 0. The summed E-state index contributed by atoms with van der Waals surface area (Å²) in [5.74, 6) is -6.79. The van der Waals surface area contributed by atoms with Crippen molar-refractivity contribution in [2.75, 3.05) is 0 Å². The number of hydrogen-bond acceptors (Lipinski definition) is 1. The zero-order chi connectivity index (χ0) is 22.4. The van der Waals surface area contributed by atoms with Gasteiger partial charge in [0.1, 0.15) is 0 Å². The van der Waals surface area contributed by atoms with Crippen molar-refractivity contribution in [3.63, 3.8) is 0 Å². The maximum absolute atomic E-state index is 15.1. The van der Waals surface area contributed by atoms with Gasteiger partial charge in [0.2, 0.25) is 0 Å². The molecule has 12 heteroatoms. The highest BCUT2D eigenvalue weighted by atomic mass is 127. The van der Waals surface area contributed by atoms with E-state index in [1.54, 1.807) is 6.07 Å². The lowest BCUT2D eigenvalue weighted by molar-refractivity contribution is -0.389. The highest BCUT2D eigenvalue weighted by molar-refractivity contribution is 14.1. The summed E-state index contributed by atoms with van der Waals surface area (Å²) in [7, 11) is 0. The molecule has 1 nitrogen and oxygen atoms in total. The minimum atomic E-state index is -6.83. The van der Waals surface area contributed by atoms with E-state index >= 15 is 4.39 Å². The highest BCUT2D eigenvalue weighted by Gasteiger charge is 2.82. The van der Waals surface area contributed by atoms with Gasteiger partial charge in [-0.3, -0.25) is 0 Å². The first-order valence-electron chi connectivity index (χ1n) is 7.28. The zero-order valence-electron chi connectivity index (χ0n) is 13.6. The Bertz CT molecular complexity index is 961. The monoisotopic (exact) mass is 601 g/mol. The van der Waals surface area contributed by atoms with E-state index in [0.717, 1.165) is 30.3 Å². The van der Waals surface area contributed by atoms with Crippen molar-refractivity contribution in [3.8, 4) is 17.2 Å². The average molecular weight is 602 g/mol. The third-order valence-electron chi connectivity index (χ3n) is 3.91. The van der Waals surface area contributed by atoms with Crippen LogP contribution in [-0.4, -0.2) is 18.3 Å². The molecule has 0 aliphatic heterocycles. The molecule has 2 rings (SSSR count). The van der Waals surface area contributed by atoms with Crippen molar-refractivity contribution >= 4 is 38.5 Å². The van der Waals surface area contributed by atoms with E-state index in [0.29, 0.717) is 0 Å². The highest BCUT2D eigenvalue weighted by Crippen LogP contribution is 2.60. The molecule has 0 saturated carbocycles. The Labute approximate surface area is 179 Å². The van der Waals surface area contributed by atoms with Crippen LogP contribution in [0.5, 0.6) is 0 Å². The molecule has 0 bridgehead atoms. The summed E-state index contributed by atoms with van der Waals surface area (Å²) in [4.78, 5) is 0. The Kier molecular flexibility index (Phi) is 6.27. The van der Waals surface area contributed by atoms with E-state index in [4.69, 9.17) is 5.26 Å². The number of rotatable bonds is 3. The number of nitriles is 1. The van der Waals surface area contributed by atoms with Crippen molar-refractivity contribution in [3.05, 3.63) is 55.6 Å². The molecule has 0 fully saturated rings. The molecule has 1 unspecified atom stereocenters. The first-order chi connectivity index (χ1) is 13.1. The topological polar surface area (TPSA) is 23.8 Å². The van der Waals surface area contributed by atoms with Gasteiger partial charge in [0, 0.05) is 19.2 Å². The predicted molar refractivity (Wildman–Crippen MR) is 96.9 cm³/mol. The average Bonchev–Trinajstić information content (AvgIpc) is 2.58. The van der Waals surface area contributed by atoms with Crippen LogP contribution in [0, 0.1) is 14.9 Å². The predicted octanol–water partition coefficient (Wildman–Crippen LogP) is 7.52. The van der Waals surface area contributed by atoms with Crippen LogP contribution in [-0.2, 0) is 5.67 Å². The van der Waals surface area contributed by atoms with Gasteiger partial charge in [-0.2, -0.15) is 40.4 Å². The Morgan fingerprint density at radius 1 is 0.828 bits per heavy atom. The van der Waals surface area contributed by atoms with Crippen molar-refractivity contribution in [2.45, 2.75) is 23.9 Å². The van der Waals surface area contributed by atoms with E-state index in [-0.39, 0.29) is 25.2 Å². The minimum Gasteiger partial charge on any atom is -0.221 e. The third kappa shape index (κ3) is 3.95. The van der Waals surface area contributed by atoms with Gasteiger partial charge >= 0.3 is 23.9 Å². The summed E-state index contributed by atoms with van der Waals surface area (Å²) in [6, 6.07) is 7.33. The fourth-order valence-corrected chi connectivity index (χ4v) is 4.29. The van der Waals surface area contributed by atoms with E-state index in [1.807, 2.05) is 0 Å². The number of nitrogens with zero attached hydrogens (tertiary/aromatic N) is 1. The summed E-state index contributed by atoms with van der Waals surface area (Å²) in [5, 5.41) is 8.78. The van der Waals surface area contributed by atoms with Gasteiger partial charge in [-0.25, -0.2) is 4.39 Å². The quantitative estimate of drug-likeness (QED) is 0.264. The maximum atomic E-state index is 15.1. The second-order valence-electron chi connectivity index (χ2n) is 5.73. The van der Waals surface area contributed by atoms with Crippen molar-refractivity contribution in [2.24, 2.45) is 0 Å². The lowest BCUT2D eigenvalue weighted by atomic mass is 9.82. The summed E-state index contributed by atoms with van der Waals surface area (Å²) >= 11 is 4.18. The normalized spacial score (nSPS) is 15.0. The molecule has 156 valence electrons. The summed E-state index contributed by atoms with van der Waals surface area (Å²) in [6.07, 6.45) is -13.4. The molecule has 2 aromatic rings. The maximum Gasteiger partial charge on any atom is 0.457 e. The lowest BCUT2D eigenvalue weighted by Crippen LogP contribution is -2.60. The Hall–Kier alpha value is -1.49. The molecule has 0 N–H and O–H groups in total. The molecule has 0 aromatic heterocycles.